The maximum Gasteiger partial charge on any atom is 0.283 e. The number of ketones is 1. The normalized spacial score (nSPS) is 15.2. The molecule has 1 aromatic rings. The molecule has 0 aromatic heterocycles. The Bertz CT molecular complexity index is 1190. The van der Waals surface area contributed by atoms with E-state index in [9.17, 15) is 13.6 Å². The van der Waals surface area contributed by atoms with Gasteiger partial charge in [0.1, 0.15) is 5.78 Å². The molecule has 0 amide bonds. The average Bonchev–Trinajstić information content (AvgIpc) is 3.59. The van der Waals surface area contributed by atoms with Crippen LogP contribution >= 0.6 is 9.24 Å². The fraction of sp³-hybridized carbons (Fsp3) is 0.512. The number of unbranched alkanes of at least 4 members (excludes halogenated alkanes) is 1. The van der Waals surface area contributed by atoms with Crippen LogP contribution in [0.25, 0.3) is 6.08 Å². The molecule has 3 nitrogen and oxygen atoms in total. The number of aryl methyl sites for hydroxylation is 1. The molecule has 0 radical (unpaired) electrons. The lowest BCUT2D eigenvalue weighted by Gasteiger charge is -2.12. The molecule has 0 spiro atoms. The molecule has 0 aliphatic heterocycles. The minimum atomic E-state index is -3.06. The van der Waals surface area contributed by atoms with Crippen molar-refractivity contribution in [1.82, 2.24) is 0 Å². The summed E-state index contributed by atoms with van der Waals surface area (Å²) in [6.07, 6.45) is 38.0. The summed E-state index contributed by atoms with van der Waals surface area (Å²) in [5, 5.41) is 3.32. The SMILES string of the molecule is C#C.C1CCC1.C=C(C=CC(/C=C/C=C(\C=C\N)C(F)(F)P)CCCCC(=O)C1CCCC1)Nc1ccc(/C=C\C)c(C)c1.CC.CCC. The molecular formula is C43H67F2N2OP. The number of Topliss-reactive ketones (excluding diaryl/α,β-unsaturated/α-hetero) is 1. The van der Waals surface area contributed by atoms with Crippen LogP contribution in [0, 0.1) is 31.6 Å². The summed E-state index contributed by atoms with van der Waals surface area (Å²) in [5.41, 5.74) is 6.11. The highest BCUT2D eigenvalue weighted by Gasteiger charge is 2.25. The quantitative estimate of drug-likeness (QED) is 0.0831. The number of anilines is 1. The molecule has 1 aromatic carbocycles. The van der Waals surface area contributed by atoms with Crippen LogP contribution in [0.2, 0.25) is 0 Å². The Balaban J connectivity index is 0. The van der Waals surface area contributed by atoms with Crippen molar-refractivity contribution in [3.8, 4) is 12.8 Å². The molecule has 3 rings (SSSR count). The van der Waals surface area contributed by atoms with Gasteiger partial charge in [-0.1, -0.05) is 137 Å². The van der Waals surface area contributed by atoms with Gasteiger partial charge in [0.25, 0.3) is 5.66 Å². The number of benzene rings is 1. The van der Waals surface area contributed by atoms with Crippen molar-refractivity contribution >= 4 is 26.8 Å². The van der Waals surface area contributed by atoms with Gasteiger partial charge in [-0.05, 0) is 87.1 Å². The van der Waals surface area contributed by atoms with Gasteiger partial charge < -0.3 is 11.1 Å². The van der Waals surface area contributed by atoms with Gasteiger partial charge in [0.2, 0.25) is 0 Å². The summed E-state index contributed by atoms with van der Waals surface area (Å²) < 4.78 is 27.6. The molecule has 2 saturated carbocycles. The van der Waals surface area contributed by atoms with Crippen molar-refractivity contribution in [3.05, 3.63) is 95.9 Å². The second-order valence-corrected chi connectivity index (χ2v) is 12.8. The Kier molecular flexibility index (Phi) is 30.1. The molecule has 2 aliphatic carbocycles. The Morgan fingerprint density at radius 3 is 2.14 bits per heavy atom. The van der Waals surface area contributed by atoms with Gasteiger partial charge >= 0.3 is 0 Å². The van der Waals surface area contributed by atoms with E-state index in [1.54, 1.807) is 6.08 Å². The van der Waals surface area contributed by atoms with Crippen LogP contribution in [0.1, 0.15) is 129 Å². The van der Waals surface area contributed by atoms with Crippen LogP contribution in [0.4, 0.5) is 14.5 Å². The predicted octanol–water partition coefficient (Wildman–Crippen LogP) is 13.1. The van der Waals surface area contributed by atoms with Crippen LogP contribution < -0.4 is 11.1 Å². The topological polar surface area (TPSA) is 55.1 Å². The van der Waals surface area contributed by atoms with Crippen LogP contribution in [0.5, 0.6) is 0 Å². The number of carbonyl (C=O) groups is 1. The number of hydrogen-bond donors (Lipinski definition) is 2. The Morgan fingerprint density at radius 2 is 1.65 bits per heavy atom. The van der Waals surface area contributed by atoms with E-state index in [1.807, 2.05) is 51.1 Å². The van der Waals surface area contributed by atoms with E-state index in [0.29, 0.717) is 12.2 Å². The maximum absolute atomic E-state index is 13.8. The summed E-state index contributed by atoms with van der Waals surface area (Å²) in [5.74, 6) is 0.650. The smallest absolute Gasteiger partial charge is 0.283 e. The second kappa shape index (κ2) is 30.8. The number of halogens is 2. The van der Waals surface area contributed by atoms with E-state index in [1.165, 1.54) is 59.1 Å². The van der Waals surface area contributed by atoms with Crippen molar-refractivity contribution in [2.24, 2.45) is 17.6 Å². The number of carbonyl (C=O) groups excluding carboxylic acids is 1. The second-order valence-electron chi connectivity index (χ2n) is 12.0. The van der Waals surface area contributed by atoms with Crippen LogP contribution in [-0.4, -0.2) is 11.4 Å². The minimum Gasteiger partial charge on any atom is -0.405 e. The Labute approximate surface area is 302 Å². The van der Waals surface area contributed by atoms with Crippen molar-refractivity contribution in [2.75, 3.05) is 5.32 Å². The zero-order chi connectivity index (χ0) is 37.5. The van der Waals surface area contributed by atoms with Crippen molar-refractivity contribution < 1.29 is 13.6 Å². The molecule has 2 aliphatic rings. The number of hydrogen-bond acceptors (Lipinski definition) is 3. The predicted molar refractivity (Wildman–Crippen MR) is 218 cm³/mol. The third kappa shape index (κ3) is 23.7. The van der Waals surface area contributed by atoms with Gasteiger partial charge in [-0.2, -0.15) is 8.78 Å². The average molecular weight is 697 g/mol. The van der Waals surface area contributed by atoms with Crippen LogP contribution in [-0.2, 0) is 4.79 Å². The monoisotopic (exact) mass is 696 g/mol. The lowest BCUT2D eigenvalue weighted by atomic mass is 9.95. The van der Waals surface area contributed by atoms with Crippen molar-refractivity contribution in [1.29, 1.82) is 0 Å². The number of nitrogens with two attached hydrogens (primary N) is 1. The molecule has 49 heavy (non-hydrogen) atoms. The Morgan fingerprint density at radius 1 is 1.06 bits per heavy atom. The first-order chi connectivity index (χ1) is 23.5. The molecule has 3 N–H and O–H groups in total. The standard InChI is InChI=1S/C32H43F2N2OP.C4H8.C3H8.C2H6.C2H2/c1-4-10-27-19-20-30(23-24(27)2)36-25(3)17-18-26(12-9-15-29(21-22-35)32(33,34)38)11-5-8-16-31(37)28-13-6-7-14-28;1-2-4-3-1;1-3-2;2*1-2/h4,9-10,12,15,17-23,26,28,36H,3,5-8,11,13-14,16,35,38H2,1-2H3;1-4H2;3H2,1-2H3;1-2H3;1-2H/b10-4-,12-9+,18-17?,22-21+,29-15+;;;;. The molecule has 2 unspecified atom stereocenters. The third-order valence-electron chi connectivity index (χ3n) is 7.78. The fourth-order valence-corrected chi connectivity index (χ4v) is 5.10. The molecule has 274 valence electrons. The number of terminal acetylenes is 1. The largest absolute Gasteiger partial charge is 0.405 e. The highest BCUT2D eigenvalue weighted by molar-refractivity contribution is 7.18. The maximum atomic E-state index is 13.8. The van der Waals surface area contributed by atoms with Crippen LogP contribution in [0.3, 0.4) is 0 Å². The van der Waals surface area contributed by atoms with E-state index in [2.05, 4.69) is 63.7 Å². The van der Waals surface area contributed by atoms with Gasteiger partial charge in [-0.15, -0.1) is 12.8 Å². The van der Waals surface area contributed by atoms with Gasteiger partial charge in [-0.25, -0.2) is 0 Å². The number of allylic oxidation sites excluding steroid dienone is 8. The molecule has 2 atom stereocenters. The lowest BCUT2D eigenvalue weighted by Crippen LogP contribution is -2.10. The molecule has 2 fully saturated rings. The highest BCUT2D eigenvalue weighted by atomic mass is 31.0. The van der Waals surface area contributed by atoms with Crippen molar-refractivity contribution in [2.45, 2.75) is 131 Å². The summed E-state index contributed by atoms with van der Waals surface area (Å²) in [6.45, 7) is 16.4. The van der Waals surface area contributed by atoms with E-state index < -0.39 is 5.66 Å². The van der Waals surface area contributed by atoms with E-state index >= 15 is 0 Å². The third-order valence-corrected chi connectivity index (χ3v) is 8.11. The lowest BCUT2D eigenvalue weighted by molar-refractivity contribution is -0.122. The van der Waals surface area contributed by atoms with Crippen LogP contribution in [0.15, 0.2) is 84.8 Å². The molecular weight excluding hydrogens is 629 g/mol. The van der Waals surface area contributed by atoms with E-state index in [4.69, 9.17) is 5.73 Å². The van der Waals surface area contributed by atoms with Gasteiger partial charge in [-0.3, -0.25) is 4.79 Å². The Hall–Kier alpha value is -3.22. The highest BCUT2D eigenvalue weighted by Crippen LogP contribution is 2.32. The van der Waals surface area contributed by atoms with Gasteiger partial charge in [0, 0.05) is 29.3 Å². The fourth-order valence-electron chi connectivity index (χ4n) is 4.91. The van der Waals surface area contributed by atoms with E-state index in [-0.39, 0.29) is 17.4 Å². The first-order valence-electron chi connectivity index (χ1n) is 18.2. The molecule has 0 saturated heterocycles. The summed E-state index contributed by atoms with van der Waals surface area (Å²) >= 11 is 0. The first kappa shape index (κ1) is 47.9. The zero-order valence-electron chi connectivity index (χ0n) is 31.5. The van der Waals surface area contributed by atoms with E-state index in [0.717, 1.165) is 68.1 Å². The summed E-state index contributed by atoms with van der Waals surface area (Å²) in [6, 6.07) is 6.15. The molecule has 6 heteroatoms. The first-order valence-corrected chi connectivity index (χ1v) is 18.8. The van der Waals surface area contributed by atoms with Gasteiger partial charge in [0.05, 0.1) is 0 Å². The zero-order valence-corrected chi connectivity index (χ0v) is 32.6. The summed E-state index contributed by atoms with van der Waals surface area (Å²) in [4.78, 5) is 12.4. The minimum absolute atomic E-state index is 0.00595. The number of nitrogens with one attached hydrogen (secondary N) is 1. The summed E-state index contributed by atoms with van der Waals surface area (Å²) in [7, 11) is 1.54. The number of rotatable bonds is 15. The number of alkyl halides is 2. The molecule has 0 bridgehead atoms. The van der Waals surface area contributed by atoms with Crippen molar-refractivity contribution in [3.63, 3.8) is 0 Å². The van der Waals surface area contributed by atoms with Gasteiger partial charge in [0.15, 0.2) is 0 Å². The molecule has 0 heterocycles.